The molecule has 30 heavy (non-hydrogen) atoms. The monoisotopic (exact) mass is 555 g/mol. The third-order valence-corrected chi connectivity index (χ3v) is 5.60. The van der Waals surface area contributed by atoms with Gasteiger partial charge in [0.15, 0.2) is 5.96 Å². The minimum atomic E-state index is 0. The zero-order chi connectivity index (χ0) is 20.3. The largest absolute Gasteiger partial charge is 0.356 e. The van der Waals surface area contributed by atoms with Gasteiger partial charge >= 0.3 is 0 Å². The van der Waals surface area contributed by atoms with Gasteiger partial charge in [-0.1, -0.05) is 41.9 Å². The Labute approximate surface area is 204 Å². The van der Waals surface area contributed by atoms with Crippen LogP contribution < -0.4 is 10.6 Å². The van der Waals surface area contributed by atoms with E-state index in [9.17, 15) is 0 Å². The predicted octanol–water partition coefficient (Wildman–Crippen LogP) is 4.70. The molecule has 0 radical (unpaired) electrons. The van der Waals surface area contributed by atoms with E-state index in [1.54, 1.807) is 18.8 Å². The molecule has 5 nitrogen and oxygen atoms in total. The predicted molar refractivity (Wildman–Crippen MR) is 138 cm³/mol. The van der Waals surface area contributed by atoms with Crippen molar-refractivity contribution in [2.24, 2.45) is 4.99 Å². The highest BCUT2D eigenvalue weighted by Gasteiger charge is 2.05. The quantitative estimate of drug-likeness (QED) is 0.132. The lowest BCUT2D eigenvalue weighted by Gasteiger charge is -2.12. The Morgan fingerprint density at radius 2 is 1.80 bits per heavy atom. The standard InChI is InChI=1S/C22H26ClN5S.HI/c1-24-22(27-14-16-29-20-9-7-19(23)8-10-20)26-12-11-21-25-13-15-28(21)17-18-5-3-2-4-6-18;/h2-10,13,15H,11-12,14,16-17H2,1H3,(H2,24,26,27);1H. The summed E-state index contributed by atoms with van der Waals surface area (Å²) in [6.45, 7) is 2.44. The van der Waals surface area contributed by atoms with E-state index in [0.717, 1.165) is 48.6 Å². The molecule has 0 atom stereocenters. The fourth-order valence-electron chi connectivity index (χ4n) is 2.87. The van der Waals surface area contributed by atoms with Crippen LogP contribution in [0.3, 0.4) is 0 Å². The molecule has 0 unspecified atom stereocenters. The van der Waals surface area contributed by atoms with Crippen LogP contribution in [0, 0.1) is 0 Å². The van der Waals surface area contributed by atoms with Gasteiger partial charge in [0.2, 0.25) is 0 Å². The number of halogens is 2. The molecule has 2 N–H and O–H groups in total. The van der Waals surface area contributed by atoms with E-state index in [4.69, 9.17) is 11.6 Å². The summed E-state index contributed by atoms with van der Waals surface area (Å²) in [4.78, 5) is 10.0. The minimum absolute atomic E-state index is 0. The van der Waals surface area contributed by atoms with E-state index in [-0.39, 0.29) is 24.0 Å². The highest BCUT2D eigenvalue weighted by molar-refractivity contribution is 14.0. The Hall–Kier alpha value is -1.71. The van der Waals surface area contributed by atoms with Crippen molar-refractivity contribution in [2.75, 3.05) is 25.9 Å². The van der Waals surface area contributed by atoms with Gasteiger partial charge in [0.25, 0.3) is 0 Å². The van der Waals surface area contributed by atoms with Crippen LogP contribution >= 0.6 is 47.3 Å². The van der Waals surface area contributed by atoms with Crippen LogP contribution in [0.4, 0.5) is 0 Å². The Morgan fingerprint density at radius 1 is 1.07 bits per heavy atom. The van der Waals surface area contributed by atoms with Crippen molar-refractivity contribution in [3.63, 3.8) is 0 Å². The lowest BCUT2D eigenvalue weighted by Crippen LogP contribution is -2.39. The molecule has 3 rings (SSSR count). The normalized spacial score (nSPS) is 11.1. The van der Waals surface area contributed by atoms with Gasteiger partial charge in [0.1, 0.15) is 5.82 Å². The third kappa shape index (κ3) is 8.20. The smallest absolute Gasteiger partial charge is 0.191 e. The Bertz CT molecular complexity index is 899. The summed E-state index contributed by atoms with van der Waals surface area (Å²) in [5.41, 5.74) is 1.27. The van der Waals surface area contributed by atoms with Crippen LogP contribution in [0.5, 0.6) is 0 Å². The van der Waals surface area contributed by atoms with Crippen LogP contribution in [0.2, 0.25) is 5.02 Å². The van der Waals surface area contributed by atoms with E-state index in [0.29, 0.717) is 0 Å². The third-order valence-electron chi connectivity index (χ3n) is 4.34. The number of aliphatic imine (C=N–C) groups is 1. The van der Waals surface area contributed by atoms with E-state index in [1.165, 1.54) is 10.5 Å². The number of rotatable bonds is 9. The molecule has 0 fully saturated rings. The maximum Gasteiger partial charge on any atom is 0.191 e. The molecule has 0 aliphatic carbocycles. The minimum Gasteiger partial charge on any atom is -0.356 e. The van der Waals surface area contributed by atoms with Crippen molar-refractivity contribution in [1.82, 2.24) is 20.2 Å². The summed E-state index contributed by atoms with van der Waals surface area (Å²) in [7, 11) is 1.79. The lowest BCUT2D eigenvalue weighted by atomic mass is 10.2. The number of nitrogens with zero attached hydrogens (tertiary/aromatic N) is 3. The van der Waals surface area contributed by atoms with Gasteiger partial charge in [-0.25, -0.2) is 4.98 Å². The summed E-state index contributed by atoms with van der Waals surface area (Å²) in [6.07, 6.45) is 4.72. The zero-order valence-electron chi connectivity index (χ0n) is 16.9. The molecule has 0 aliphatic heterocycles. The number of hydrogen-bond donors (Lipinski definition) is 2. The van der Waals surface area contributed by atoms with Gasteiger partial charge < -0.3 is 15.2 Å². The summed E-state index contributed by atoms with van der Waals surface area (Å²) < 4.78 is 2.19. The molecule has 1 heterocycles. The second-order valence-corrected chi connectivity index (χ2v) is 8.04. The molecule has 0 saturated heterocycles. The summed E-state index contributed by atoms with van der Waals surface area (Å²) >= 11 is 7.71. The molecule has 0 saturated carbocycles. The van der Waals surface area contributed by atoms with Crippen LogP contribution in [0.1, 0.15) is 11.4 Å². The van der Waals surface area contributed by atoms with Crippen LogP contribution in [-0.4, -0.2) is 41.4 Å². The molecule has 0 aliphatic rings. The molecule has 1 aromatic heterocycles. The van der Waals surface area contributed by atoms with Crippen molar-refractivity contribution < 1.29 is 0 Å². The van der Waals surface area contributed by atoms with Gasteiger partial charge in [-0.3, -0.25) is 4.99 Å². The lowest BCUT2D eigenvalue weighted by molar-refractivity contribution is 0.696. The van der Waals surface area contributed by atoms with Gasteiger partial charge in [-0.15, -0.1) is 35.7 Å². The van der Waals surface area contributed by atoms with Gasteiger partial charge in [0, 0.05) is 61.2 Å². The summed E-state index contributed by atoms with van der Waals surface area (Å²) in [5, 5.41) is 7.48. The van der Waals surface area contributed by atoms with Gasteiger partial charge in [-0.05, 0) is 29.8 Å². The van der Waals surface area contributed by atoms with E-state index in [1.807, 2.05) is 42.7 Å². The number of benzene rings is 2. The van der Waals surface area contributed by atoms with Crippen LogP contribution in [-0.2, 0) is 13.0 Å². The van der Waals surface area contributed by atoms with Gasteiger partial charge in [0.05, 0.1) is 0 Å². The highest BCUT2D eigenvalue weighted by atomic mass is 127. The first-order valence-corrected chi connectivity index (χ1v) is 11.0. The Morgan fingerprint density at radius 3 is 2.53 bits per heavy atom. The molecule has 0 bridgehead atoms. The zero-order valence-corrected chi connectivity index (χ0v) is 20.8. The van der Waals surface area contributed by atoms with Crippen molar-refractivity contribution in [2.45, 2.75) is 17.9 Å². The molecule has 160 valence electrons. The number of guanidine groups is 1. The Balaban J connectivity index is 0.00000320. The molecule has 3 aromatic rings. The molecule has 8 heteroatoms. The first kappa shape index (κ1) is 24.6. The first-order chi connectivity index (χ1) is 14.2. The number of aromatic nitrogens is 2. The average Bonchev–Trinajstić information content (AvgIpc) is 3.18. The fraction of sp³-hybridized carbons (Fsp3) is 0.273. The van der Waals surface area contributed by atoms with Gasteiger partial charge in [-0.2, -0.15) is 0 Å². The maximum absolute atomic E-state index is 5.92. The average molecular weight is 556 g/mol. The summed E-state index contributed by atoms with van der Waals surface area (Å²) in [6, 6.07) is 18.3. The fourth-order valence-corrected chi connectivity index (χ4v) is 3.77. The summed E-state index contributed by atoms with van der Waals surface area (Å²) in [5.74, 6) is 2.82. The Kier molecular flexibility index (Phi) is 11.1. The molecular weight excluding hydrogens is 529 g/mol. The maximum atomic E-state index is 5.92. The second kappa shape index (κ2) is 13.6. The first-order valence-electron chi connectivity index (χ1n) is 9.61. The molecule has 0 spiro atoms. The molecular formula is C22H27ClIN5S. The molecule has 2 aromatic carbocycles. The highest BCUT2D eigenvalue weighted by Crippen LogP contribution is 2.19. The second-order valence-electron chi connectivity index (χ2n) is 6.44. The number of thioether (sulfide) groups is 1. The van der Waals surface area contributed by atoms with E-state index >= 15 is 0 Å². The topological polar surface area (TPSA) is 54.2 Å². The van der Waals surface area contributed by atoms with E-state index < -0.39 is 0 Å². The number of imidazole rings is 1. The molecule has 0 amide bonds. The van der Waals surface area contributed by atoms with Crippen molar-refractivity contribution in [3.05, 3.63) is 83.4 Å². The van der Waals surface area contributed by atoms with Crippen molar-refractivity contribution in [3.8, 4) is 0 Å². The van der Waals surface area contributed by atoms with Crippen molar-refractivity contribution >= 4 is 53.3 Å². The van der Waals surface area contributed by atoms with E-state index in [2.05, 4.69) is 49.4 Å². The van der Waals surface area contributed by atoms with Crippen LogP contribution in [0.15, 0.2) is 76.9 Å². The van der Waals surface area contributed by atoms with Crippen molar-refractivity contribution in [1.29, 1.82) is 0 Å². The number of nitrogens with one attached hydrogen (secondary N) is 2. The van der Waals surface area contributed by atoms with Crippen LogP contribution in [0.25, 0.3) is 0 Å². The number of hydrogen-bond acceptors (Lipinski definition) is 3. The SMILES string of the molecule is CN=C(NCCSc1ccc(Cl)cc1)NCCc1nccn1Cc1ccccc1.I.